The van der Waals surface area contributed by atoms with Gasteiger partial charge in [0.05, 0.1) is 0 Å². The molecular formula is C16H22Co. The summed E-state index contributed by atoms with van der Waals surface area (Å²) >= 11 is 0. The van der Waals surface area contributed by atoms with E-state index in [1.165, 1.54) is 38.5 Å². The molecule has 2 aliphatic rings. The van der Waals surface area contributed by atoms with Crippen LogP contribution in [0.4, 0.5) is 0 Å². The molecule has 0 bridgehead atoms. The molecule has 0 N–H and O–H groups in total. The van der Waals surface area contributed by atoms with E-state index in [1.54, 1.807) is 0 Å². The van der Waals surface area contributed by atoms with E-state index in [9.17, 15) is 0 Å². The maximum Gasteiger partial charge on any atom is 2.00 e. The van der Waals surface area contributed by atoms with Gasteiger partial charge in [-0.1, -0.05) is 38.5 Å². The maximum absolute atomic E-state index is 3.18. The molecule has 0 unspecified atom stereocenters. The third-order valence-electron chi connectivity index (χ3n) is 2.58. The molecule has 1 radical (unpaired) electrons. The largest absolute Gasteiger partial charge is 2.00 e. The summed E-state index contributed by atoms with van der Waals surface area (Å²) < 4.78 is 0. The van der Waals surface area contributed by atoms with Crippen molar-refractivity contribution in [1.82, 2.24) is 0 Å². The molecule has 95 valence electrons. The Labute approximate surface area is 117 Å². The van der Waals surface area contributed by atoms with Crippen LogP contribution >= 0.6 is 0 Å². The van der Waals surface area contributed by atoms with Gasteiger partial charge in [-0.3, -0.25) is 12.2 Å². The summed E-state index contributed by atoms with van der Waals surface area (Å²) in [6.07, 6.45) is 29.0. The summed E-state index contributed by atoms with van der Waals surface area (Å²) in [4.78, 5) is 0. The van der Waals surface area contributed by atoms with Gasteiger partial charge in [-0.2, -0.15) is 12.2 Å². The van der Waals surface area contributed by atoms with E-state index in [0.29, 0.717) is 0 Å². The first-order valence-electron chi connectivity index (χ1n) is 6.43. The number of hydrogen-bond acceptors (Lipinski definition) is 0. The van der Waals surface area contributed by atoms with Crippen LogP contribution in [0.3, 0.4) is 0 Å². The number of hydrogen-bond donors (Lipinski definition) is 0. The van der Waals surface area contributed by atoms with Gasteiger partial charge >= 0.3 is 16.8 Å². The molecule has 2 aliphatic carbocycles. The molecule has 0 saturated heterocycles. The Hall–Kier alpha value is -0.534. The van der Waals surface area contributed by atoms with Gasteiger partial charge in [0.15, 0.2) is 0 Å². The summed E-state index contributed by atoms with van der Waals surface area (Å²) in [7, 11) is 0. The zero-order chi connectivity index (χ0) is 11.3. The monoisotopic (exact) mass is 273 g/mol. The Morgan fingerprint density at radius 1 is 0.647 bits per heavy atom. The first kappa shape index (κ1) is 16.5. The van der Waals surface area contributed by atoms with Crippen molar-refractivity contribution in [2.45, 2.75) is 51.4 Å². The molecule has 0 nitrogen and oxygen atoms in total. The molecule has 0 fully saturated rings. The van der Waals surface area contributed by atoms with Crippen LogP contribution in [0.1, 0.15) is 51.4 Å². The van der Waals surface area contributed by atoms with Crippen LogP contribution in [0.2, 0.25) is 0 Å². The third-order valence-corrected chi connectivity index (χ3v) is 2.58. The standard InChI is InChI=1S/2C8H11.Co/c2*1-2-4-6-8-7-5-3-1;/h2*1-3H,4,6-8H2;/q2*-1;+2. The van der Waals surface area contributed by atoms with Crippen LogP contribution in [0.15, 0.2) is 36.5 Å². The number of allylic oxidation sites excluding steroid dienone is 8. The van der Waals surface area contributed by atoms with Crippen LogP contribution in [0.5, 0.6) is 0 Å². The first-order chi connectivity index (χ1) is 8.00. The van der Waals surface area contributed by atoms with Crippen LogP contribution < -0.4 is 0 Å². The fourth-order valence-corrected chi connectivity index (χ4v) is 1.61. The average molecular weight is 273 g/mol. The normalized spacial score (nSPS) is 18.8. The second-order valence-electron chi connectivity index (χ2n) is 4.09. The Bertz CT molecular complexity index is 203. The van der Waals surface area contributed by atoms with Crippen molar-refractivity contribution in [1.29, 1.82) is 0 Å². The second-order valence-corrected chi connectivity index (χ2v) is 4.09. The Balaban J connectivity index is 0.000000284. The van der Waals surface area contributed by atoms with Crippen LogP contribution in [0, 0.1) is 12.2 Å². The Morgan fingerprint density at radius 2 is 1.12 bits per heavy atom. The first-order valence-corrected chi connectivity index (χ1v) is 6.43. The smallest absolute Gasteiger partial charge is 0.275 e. The predicted octanol–water partition coefficient (Wildman–Crippen LogP) is 4.95. The van der Waals surface area contributed by atoms with Gasteiger partial charge in [-0.15, -0.1) is 12.8 Å². The predicted molar refractivity (Wildman–Crippen MR) is 70.8 cm³/mol. The molecular weight excluding hydrogens is 251 g/mol. The second kappa shape index (κ2) is 13.5. The zero-order valence-electron chi connectivity index (χ0n) is 10.5. The fourth-order valence-electron chi connectivity index (χ4n) is 1.61. The van der Waals surface area contributed by atoms with Gasteiger partial charge in [0.1, 0.15) is 0 Å². The van der Waals surface area contributed by atoms with E-state index in [2.05, 4.69) is 36.5 Å². The Morgan fingerprint density at radius 3 is 1.59 bits per heavy atom. The maximum atomic E-state index is 3.18. The quantitative estimate of drug-likeness (QED) is 0.548. The summed E-state index contributed by atoms with van der Waals surface area (Å²) in [5, 5.41) is 0. The molecule has 2 rings (SSSR count). The van der Waals surface area contributed by atoms with Crippen molar-refractivity contribution in [3.8, 4) is 0 Å². The van der Waals surface area contributed by atoms with Gasteiger partial charge in [-0.25, -0.2) is 24.3 Å². The topological polar surface area (TPSA) is 0 Å². The molecule has 0 saturated carbocycles. The molecule has 17 heavy (non-hydrogen) atoms. The van der Waals surface area contributed by atoms with Gasteiger partial charge in [-0.05, 0) is 0 Å². The molecule has 1 heteroatoms. The van der Waals surface area contributed by atoms with E-state index in [1.807, 2.05) is 12.2 Å². The van der Waals surface area contributed by atoms with Gasteiger partial charge in [0.25, 0.3) is 0 Å². The molecule has 0 amide bonds. The van der Waals surface area contributed by atoms with E-state index < -0.39 is 0 Å². The minimum atomic E-state index is 0. The van der Waals surface area contributed by atoms with E-state index >= 15 is 0 Å². The molecule has 0 spiro atoms. The van der Waals surface area contributed by atoms with Gasteiger partial charge in [0, 0.05) is 0 Å². The summed E-state index contributed by atoms with van der Waals surface area (Å²) in [6, 6.07) is 0. The minimum Gasteiger partial charge on any atom is -0.275 e. The van der Waals surface area contributed by atoms with Crippen molar-refractivity contribution < 1.29 is 16.8 Å². The van der Waals surface area contributed by atoms with Crippen molar-refractivity contribution in [2.75, 3.05) is 0 Å². The van der Waals surface area contributed by atoms with Crippen molar-refractivity contribution in [3.05, 3.63) is 48.6 Å². The van der Waals surface area contributed by atoms with Gasteiger partial charge < -0.3 is 0 Å². The van der Waals surface area contributed by atoms with Gasteiger partial charge in [0.2, 0.25) is 0 Å². The molecule has 0 heterocycles. The summed E-state index contributed by atoms with van der Waals surface area (Å²) in [5.74, 6) is 0. The van der Waals surface area contributed by atoms with Crippen LogP contribution in [-0.4, -0.2) is 0 Å². The third kappa shape index (κ3) is 11.7. The van der Waals surface area contributed by atoms with E-state index in [0.717, 1.165) is 12.8 Å². The van der Waals surface area contributed by atoms with Crippen molar-refractivity contribution >= 4 is 0 Å². The van der Waals surface area contributed by atoms with Crippen LogP contribution in [-0.2, 0) is 16.8 Å². The molecule has 0 aromatic rings. The average Bonchev–Trinajstić information content (AvgIpc) is 2.15. The zero-order valence-corrected chi connectivity index (χ0v) is 11.5. The SMILES string of the molecule is [C-]1=CC=CCCCC1.[C-]1=CC=CCCCC1.[Co+2]. The summed E-state index contributed by atoms with van der Waals surface area (Å²) in [6.45, 7) is 0. The van der Waals surface area contributed by atoms with Crippen LogP contribution in [0.25, 0.3) is 0 Å². The minimum absolute atomic E-state index is 0. The van der Waals surface area contributed by atoms with Crippen molar-refractivity contribution in [2.24, 2.45) is 0 Å². The fraction of sp³-hybridized carbons (Fsp3) is 0.500. The Kier molecular flexibility index (Phi) is 13.1. The molecule has 0 aliphatic heterocycles. The summed E-state index contributed by atoms with van der Waals surface area (Å²) in [5.41, 5.74) is 0. The molecule has 0 aromatic carbocycles. The van der Waals surface area contributed by atoms with E-state index in [-0.39, 0.29) is 16.8 Å². The van der Waals surface area contributed by atoms with E-state index in [4.69, 9.17) is 0 Å². The molecule has 0 aromatic heterocycles. The molecule has 0 atom stereocenters. The number of rotatable bonds is 0. The van der Waals surface area contributed by atoms with Crippen molar-refractivity contribution in [3.63, 3.8) is 0 Å².